The topological polar surface area (TPSA) is 84.4 Å². The lowest BCUT2D eigenvalue weighted by molar-refractivity contribution is 0.371. The van der Waals surface area contributed by atoms with E-state index in [1.54, 1.807) is 19.2 Å². The molecule has 162 valence electrons. The fourth-order valence-electron chi connectivity index (χ4n) is 3.08. The Morgan fingerprint density at radius 2 is 2.00 bits per heavy atom. The van der Waals surface area contributed by atoms with Gasteiger partial charge in [0.2, 0.25) is 11.7 Å². The van der Waals surface area contributed by atoms with Gasteiger partial charge in [-0.05, 0) is 30.2 Å². The average molecular weight is 544 g/mol. The molecule has 0 amide bonds. The summed E-state index contributed by atoms with van der Waals surface area (Å²) >= 11 is 5.92. The molecule has 0 spiro atoms. The van der Waals surface area contributed by atoms with Gasteiger partial charge < -0.3 is 14.7 Å². The molecule has 10 heteroatoms. The summed E-state index contributed by atoms with van der Waals surface area (Å²) in [4.78, 5) is 10.8. The minimum absolute atomic E-state index is 0. The van der Waals surface area contributed by atoms with E-state index in [2.05, 4.69) is 45.6 Å². The van der Waals surface area contributed by atoms with Crippen molar-refractivity contribution in [2.24, 2.45) is 12.0 Å². The summed E-state index contributed by atoms with van der Waals surface area (Å²) in [5, 5.41) is 12.5. The second kappa shape index (κ2) is 10.8. The van der Waals surface area contributed by atoms with E-state index in [1.165, 1.54) is 5.56 Å². The van der Waals surface area contributed by atoms with Gasteiger partial charge in [-0.1, -0.05) is 30.6 Å². The first-order valence-electron chi connectivity index (χ1n) is 9.40. The van der Waals surface area contributed by atoms with E-state index in [9.17, 15) is 0 Å². The van der Waals surface area contributed by atoms with Crippen LogP contribution < -0.4 is 5.32 Å². The fraction of sp³-hybridized carbons (Fsp3) is 0.400. The second-order valence-electron chi connectivity index (χ2n) is 7.14. The van der Waals surface area contributed by atoms with Crippen LogP contribution >= 0.6 is 35.6 Å². The number of aryl methyl sites for hydroxylation is 1. The summed E-state index contributed by atoms with van der Waals surface area (Å²) < 4.78 is 7.21. The van der Waals surface area contributed by atoms with Crippen LogP contribution in [-0.4, -0.2) is 44.9 Å². The summed E-state index contributed by atoms with van der Waals surface area (Å²) in [6.45, 7) is 5.36. The lowest BCUT2D eigenvalue weighted by atomic mass is 10.1. The molecular weight excluding hydrogens is 517 g/mol. The Labute approximate surface area is 198 Å². The molecular formula is C20H27ClIN7O. The Morgan fingerprint density at radius 1 is 1.30 bits per heavy atom. The number of halogens is 2. The SMILES string of the molecule is CN=C(NCc1nc(-c2ccc(Cl)cc2)no1)N(C)Cc1cn(C)nc1C(C)C.I. The van der Waals surface area contributed by atoms with Crippen molar-refractivity contribution in [2.75, 3.05) is 14.1 Å². The van der Waals surface area contributed by atoms with E-state index >= 15 is 0 Å². The van der Waals surface area contributed by atoms with Gasteiger partial charge in [0.1, 0.15) is 0 Å². The largest absolute Gasteiger partial charge is 0.347 e. The summed E-state index contributed by atoms with van der Waals surface area (Å²) in [5.41, 5.74) is 3.12. The van der Waals surface area contributed by atoms with Crippen molar-refractivity contribution in [3.63, 3.8) is 0 Å². The van der Waals surface area contributed by atoms with E-state index in [0.29, 0.717) is 35.7 Å². The number of benzene rings is 1. The molecule has 2 heterocycles. The number of aromatic nitrogens is 4. The third-order valence-electron chi connectivity index (χ3n) is 4.43. The van der Waals surface area contributed by atoms with Gasteiger partial charge in [0.05, 0.1) is 12.2 Å². The van der Waals surface area contributed by atoms with E-state index < -0.39 is 0 Å². The number of nitrogens with zero attached hydrogens (tertiary/aromatic N) is 6. The molecule has 1 N–H and O–H groups in total. The van der Waals surface area contributed by atoms with Crippen LogP contribution in [0.4, 0.5) is 0 Å². The Morgan fingerprint density at radius 3 is 2.63 bits per heavy atom. The predicted molar refractivity (Wildman–Crippen MR) is 129 cm³/mol. The molecule has 1 aromatic carbocycles. The Bertz CT molecular complexity index is 981. The molecule has 0 saturated heterocycles. The van der Waals surface area contributed by atoms with E-state index in [-0.39, 0.29) is 24.0 Å². The van der Waals surface area contributed by atoms with Gasteiger partial charge in [-0.2, -0.15) is 10.1 Å². The fourth-order valence-corrected chi connectivity index (χ4v) is 3.20. The molecule has 0 saturated carbocycles. The van der Waals surface area contributed by atoms with Crippen molar-refractivity contribution in [2.45, 2.75) is 32.9 Å². The van der Waals surface area contributed by atoms with Crippen LogP contribution in [0.3, 0.4) is 0 Å². The number of hydrogen-bond acceptors (Lipinski definition) is 5. The molecule has 30 heavy (non-hydrogen) atoms. The highest BCUT2D eigenvalue weighted by molar-refractivity contribution is 14.0. The van der Waals surface area contributed by atoms with Crippen LogP contribution in [0.15, 0.2) is 40.0 Å². The van der Waals surface area contributed by atoms with Crippen LogP contribution in [0.25, 0.3) is 11.4 Å². The maximum Gasteiger partial charge on any atom is 0.246 e. The van der Waals surface area contributed by atoms with Crippen molar-refractivity contribution < 1.29 is 4.52 Å². The first-order chi connectivity index (χ1) is 13.9. The van der Waals surface area contributed by atoms with Gasteiger partial charge >= 0.3 is 0 Å². The number of aliphatic imine (C=N–C) groups is 1. The number of nitrogens with one attached hydrogen (secondary N) is 1. The molecule has 0 aliphatic heterocycles. The molecule has 3 aromatic rings. The zero-order valence-corrected chi connectivity index (χ0v) is 20.8. The third kappa shape index (κ3) is 5.94. The molecule has 8 nitrogen and oxygen atoms in total. The number of hydrogen-bond donors (Lipinski definition) is 1. The van der Waals surface area contributed by atoms with E-state index in [0.717, 1.165) is 17.2 Å². The second-order valence-corrected chi connectivity index (χ2v) is 7.58. The molecule has 0 atom stereocenters. The van der Waals surface area contributed by atoms with E-state index in [4.69, 9.17) is 16.1 Å². The van der Waals surface area contributed by atoms with Crippen LogP contribution in [-0.2, 0) is 20.1 Å². The minimum atomic E-state index is 0. The lowest BCUT2D eigenvalue weighted by Crippen LogP contribution is -2.38. The van der Waals surface area contributed by atoms with Crippen molar-refractivity contribution in [3.8, 4) is 11.4 Å². The molecule has 0 radical (unpaired) electrons. The molecule has 2 aromatic heterocycles. The third-order valence-corrected chi connectivity index (χ3v) is 4.69. The highest BCUT2D eigenvalue weighted by Crippen LogP contribution is 2.20. The summed E-state index contributed by atoms with van der Waals surface area (Å²) in [6.07, 6.45) is 2.05. The lowest BCUT2D eigenvalue weighted by Gasteiger charge is -2.21. The Balaban J connectivity index is 0.00000320. The molecule has 0 aliphatic rings. The van der Waals surface area contributed by atoms with Gasteiger partial charge in [0, 0.05) is 50.0 Å². The van der Waals surface area contributed by atoms with Crippen LogP contribution in [0.1, 0.15) is 36.9 Å². The van der Waals surface area contributed by atoms with Gasteiger partial charge in [-0.3, -0.25) is 9.67 Å². The highest BCUT2D eigenvalue weighted by atomic mass is 127. The maximum absolute atomic E-state index is 5.92. The van der Waals surface area contributed by atoms with Crippen molar-refractivity contribution in [1.82, 2.24) is 30.1 Å². The average Bonchev–Trinajstić information content (AvgIpc) is 3.29. The summed E-state index contributed by atoms with van der Waals surface area (Å²) in [6, 6.07) is 7.31. The summed E-state index contributed by atoms with van der Waals surface area (Å²) in [5.74, 6) is 2.10. The molecule has 0 fully saturated rings. The Kier molecular flexibility index (Phi) is 8.65. The van der Waals surface area contributed by atoms with Gasteiger partial charge in [-0.15, -0.1) is 24.0 Å². The first-order valence-corrected chi connectivity index (χ1v) is 9.78. The standard InChI is InChI=1S/C20H26ClN7O.HI/c1-13(2)18-15(12-28(5)25-18)11-27(4)20(22-3)23-10-17-24-19(26-29-17)14-6-8-16(21)9-7-14;/h6-9,12-13H,10-11H2,1-5H3,(H,22,23);1H. The minimum Gasteiger partial charge on any atom is -0.347 e. The number of guanidine groups is 1. The van der Waals surface area contributed by atoms with Gasteiger partial charge in [0.15, 0.2) is 5.96 Å². The quantitative estimate of drug-likeness (QED) is 0.287. The maximum atomic E-state index is 5.92. The zero-order valence-electron chi connectivity index (χ0n) is 17.8. The van der Waals surface area contributed by atoms with Crippen LogP contribution in [0.2, 0.25) is 5.02 Å². The molecule has 0 unspecified atom stereocenters. The normalized spacial score (nSPS) is 11.5. The monoisotopic (exact) mass is 543 g/mol. The first kappa shape index (κ1) is 24.1. The zero-order chi connectivity index (χ0) is 21.0. The molecule has 0 aliphatic carbocycles. The highest BCUT2D eigenvalue weighted by Gasteiger charge is 2.16. The molecule has 3 rings (SSSR count). The summed E-state index contributed by atoms with van der Waals surface area (Å²) in [7, 11) is 5.67. The Hall–Kier alpha value is -2.14. The van der Waals surface area contributed by atoms with Crippen LogP contribution in [0, 0.1) is 0 Å². The van der Waals surface area contributed by atoms with Crippen molar-refractivity contribution in [3.05, 3.63) is 52.6 Å². The molecule has 0 bridgehead atoms. The number of rotatable bonds is 6. The predicted octanol–water partition coefficient (Wildman–Crippen LogP) is 4.07. The van der Waals surface area contributed by atoms with Crippen molar-refractivity contribution >= 4 is 41.5 Å². The van der Waals surface area contributed by atoms with E-state index in [1.807, 2.05) is 35.8 Å². The van der Waals surface area contributed by atoms with Crippen molar-refractivity contribution in [1.29, 1.82) is 0 Å². The smallest absolute Gasteiger partial charge is 0.246 e. The van der Waals surface area contributed by atoms with Gasteiger partial charge in [-0.25, -0.2) is 0 Å². The van der Waals surface area contributed by atoms with Crippen LogP contribution in [0.5, 0.6) is 0 Å². The van der Waals surface area contributed by atoms with Gasteiger partial charge in [0.25, 0.3) is 0 Å².